The van der Waals surface area contributed by atoms with Crippen LogP contribution in [0.1, 0.15) is 15.9 Å². The summed E-state index contributed by atoms with van der Waals surface area (Å²) in [5.74, 6) is -0.280. The summed E-state index contributed by atoms with van der Waals surface area (Å²) in [6, 6.07) is 4.36. The molecule has 0 bridgehead atoms. The first kappa shape index (κ1) is 15.9. The fourth-order valence-electron chi connectivity index (χ4n) is 2.55. The van der Waals surface area contributed by atoms with Crippen molar-refractivity contribution in [3.8, 4) is 0 Å². The van der Waals surface area contributed by atoms with Gasteiger partial charge in [-0.05, 0) is 44.8 Å². The van der Waals surface area contributed by atoms with Crippen LogP contribution in [-0.4, -0.2) is 74.0 Å². The molecule has 0 saturated carbocycles. The van der Waals surface area contributed by atoms with Crippen molar-refractivity contribution >= 4 is 5.91 Å². The molecule has 1 amide bonds. The molecule has 1 aromatic rings. The SMILES string of the molecule is Cc1cc(F)ccc1C(=O)N1CCN(CCN(C)C)CC1. The van der Waals surface area contributed by atoms with Gasteiger partial charge in [0.15, 0.2) is 0 Å². The maximum Gasteiger partial charge on any atom is 0.254 e. The molecule has 1 aromatic carbocycles. The minimum atomic E-state index is -0.294. The van der Waals surface area contributed by atoms with E-state index >= 15 is 0 Å². The molecule has 2 rings (SSSR count). The number of aryl methyl sites for hydroxylation is 1. The zero-order valence-electron chi connectivity index (χ0n) is 13.1. The average Bonchev–Trinajstić information content (AvgIpc) is 2.45. The molecule has 1 saturated heterocycles. The number of benzene rings is 1. The largest absolute Gasteiger partial charge is 0.336 e. The van der Waals surface area contributed by atoms with E-state index in [4.69, 9.17) is 0 Å². The van der Waals surface area contributed by atoms with Gasteiger partial charge >= 0.3 is 0 Å². The van der Waals surface area contributed by atoms with Crippen LogP contribution in [0, 0.1) is 12.7 Å². The smallest absolute Gasteiger partial charge is 0.254 e. The fraction of sp³-hybridized carbons (Fsp3) is 0.562. The molecule has 0 atom stereocenters. The lowest BCUT2D eigenvalue weighted by molar-refractivity contribution is 0.0629. The first-order chi connectivity index (χ1) is 9.97. The summed E-state index contributed by atoms with van der Waals surface area (Å²) in [5, 5.41) is 0. The lowest BCUT2D eigenvalue weighted by Gasteiger charge is -2.35. The fourth-order valence-corrected chi connectivity index (χ4v) is 2.55. The molecule has 4 nitrogen and oxygen atoms in total. The number of likely N-dealkylation sites (N-methyl/N-ethyl adjacent to an activating group) is 1. The van der Waals surface area contributed by atoms with Crippen LogP contribution in [0.2, 0.25) is 0 Å². The highest BCUT2D eigenvalue weighted by Crippen LogP contribution is 2.14. The van der Waals surface area contributed by atoms with E-state index in [0.717, 1.165) is 39.3 Å². The van der Waals surface area contributed by atoms with Gasteiger partial charge in [-0.3, -0.25) is 9.69 Å². The molecular formula is C16H24FN3O. The van der Waals surface area contributed by atoms with E-state index in [1.54, 1.807) is 13.0 Å². The Morgan fingerprint density at radius 2 is 1.90 bits per heavy atom. The number of hydrogen-bond acceptors (Lipinski definition) is 3. The molecule has 0 spiro atoms. The van der Waals surface area contributed by atoms with Crippen molar-refractivity contribution in [2.24, 2.45) is 0 Å². The van der Waals surface area contributed by atoms with Gasteiger partial charge in [-0.25, -0.2) is 4.39 Å². The summed E-state index contributed by atoms with van der Waals surface area (Å²) in [6.07, 6.45) is 0. The summed E-state index contributed by atoms with van der Waals surface area (Å²) in [4.78, 5) is 18.9. The number of hydrogen-bond donors (Lipinski definition) is 0. The van der Waals surface area contributed by atoms with E-state index in [9.17, 15) is 9.18 Å². The van der Waals surface area contributed by atoms with E-state index in [1.165, 1.54) is 12.1 Å². The topological polar surface area (TPSA) is 26.8 Å². The van der Waals surface area contributed by atoms with E-state index in [1.807, 2.05) is 4.90 Å². The second-order valence-electron chi connectivity index (χ2n) is 5.90. The van der Waals surface area contributed by atoms with E-state index in [2.05, 4.69) is 23.9 Å². The molecule has 21 heavy (non-hydrogen) atoms. The zero-order chi connectivity index (χ0) is 15.4. The summed E-state index contributed by atoms with van der Waals surface area (Å²) >= 11 is 0. The van der Waals surface area contributed by atoms with Crippen molar-refractivity contribution in [3.05, 3.63) is 35.1 Å². The molecule has 5 heteroatoms. The summed E-state index contributed by atoms with van der Waals surface area (Å²) in [5.41, 5.74) is 1.31. The minimum absolute atomic E-state index is 0.0137. The maximum absolute atomic E-state index is 13.1. The Labute approximate surface area is 126 Å². The number of nitrogens with zero attached hydrogens (tertiary/aromatic N) is 3. The first-order valence-corrected chi connectivity index (χ1v) is 7.40. The van der Waals surface area contributed by atoms with E-state index in [0.29, 0.717) is 11.1 Å². The van der Waals surface area contributed by atoms with Crippen molar-refractivity contribution in [2.45, 2.75) is 6.92 Å². The number of rotatable bonds is 4. The molecular weight excluding hydrogens is 269 g/mol. The standard InChI is InChI=1S/C16H24FN3O/c1-13-12-14(17)4-5-15(13)16(21)20-10-8-19(9-11-20)7-6-18(2)3/h4-5,12H,6-11H2,1-3H3. The van der Waals surface area contributed by atoms with Crippen LogP contribution < -0.4 is 0 Å². The average molecular weight is 293 g/mol. The van der Waals surface area contributed by atoms with Crippen LogP contribution >= 0.6 is 0 Å². The van der Waals surface area contributed by atoms with Crippen LogP contribution in [0.4, 0.5) is 4.39 Å². The number of carbonyl (C=O) groups is 1. The van der Waals surface area contributed by atoms with Crippen molar-refractivity contribution in [1.29, 1.82) is 0 Å². The third-order valence-corrected chi connectivity index (χ3v) is 3.94. The highest BCUT2D eigenvalue weighted by Gasteiger charge is 2.23. The predicted molar refractivity (Wildman–Crippen MR) is 82.0 cm³/mol. The summed E-state index contributed by atoms with van der Waals surface area (Å²) < 4.78 is 13.1. The molecule has 1 fully saturated rings. The Kier molecular flexibility index (Phi) is 5.31. The molecule has 0 aliphatic carbocycles. The molecule has 1 aliphatic rings. The van der Waals surface area contributed by atoms with Crippen molar-refractivity contribution in [2.75, 3.05) is 53.4 Å². The van der Waals surface area contributed by atoms with Gasteiger partial charge in [0.2, 0.25) is 0 Å². The first-order valence-electron chi connectivity index (χ1n) is 7.40. The predicted octanol–water partition coefficient (Wildman–Crippen LogP) is 1.45. The molecule has 116 valence electrons. The third kappa shape index (κ3) is 4.25. The summed E-state index contributed by atoms with van der Waals surface area (Å²) in [6.45, 7) is 7.13. The number of halogens is 1. The number of piperazine rings is 1. The molecule has 1 heterocycles. The Balaban J connectivity index is 1.91. The Morgan fingerprint density at radius 1 is 1.24 bits per heavy atom. The molecule has 1 aliphatic heterocycles. The van der Waals surface area contributed by atoms with Gasteiger partial charge in [0, 0.05) is 44.8 Å². The van der Waals surface area contributed by atoms with E-state index in [-0.39, 0.29) is 11.7 Å². The quantitative estimate of drug-likeness (QED) is 0.841. The molecule has 0 unspecified atom stereocenters. The van der Waals surface area contributed by atoms with Gasteiger partial charge in [-0.2, -0.15) is 0 Å². The minimum Gasteiger partial charge on any atom is -0.336 e. The van der Waals surface area contributed by atoms with Gasteiger partial charge in [-0.1, -0.05) is 0 Å². The maximum atomic E-state index is 13.1. The monoisotopic (exact) mass is 293 g/mol. The lowest BCUT2D eigenvalue weighted by Crippen LogP contribution is -2.50. The lowest BCUT2D eigenvalue weighted by atomic mass is 10.1. The van der Waals surface area contributed by atoms with Crippen LogP contribution in [0.15, 0.2) is 18.2 Å². The Morgan fingerprint density at radius 3 is 2.48 bits per heavy atom. The van der Waals surface area contributed by atoms with Crippen LogP contribution in [0.5, 0.6) is 0 Å². The van der Waals surface area contributed by atoms with E-state index < -0.39 is 0 Å². The normalized spacial score (nSPS) is 16.5. The Hall–Kier alpha value is -1.46. The van der Waals surface area contributed by atoms with Crippen molar-refractivity contribution < 1.29 is 9.18 Å². The van der Waals surface area contributed by atoms with Crippen LogP contribution in [0.25, 0.3) is 0 Å². The second-order valence-corrected chi connectivity index (χ2v) is 5.90. The summed E-state index contributed by atoms with van der Waals surface area (Å²) in [7, 11) is 4.13. The van der Waals surface area contributed by atoms with Crippen LogP contribution in [0.3, 0.4) is 0 Å². The zero-order valence-corrected chi connectivity index (χ0v) is 13.1. The number of amides is 1. The van der Waals surface area contributed by atoms with Gasteiger partial charge < -0.3 is 9.80 Å². The molecule has 0 N–H and O–H groups in total. The molecule has 0 radical (unpaired) electrons. The third-order valence-electron chi connectivity index (χ3n) is 3.94. The Bertz CT molecular complexity index is 496. The van der Waals surface area contributed by atoms with Gasteiger partial charge in [0.1, 0.15) is 5.82 Å². The van der Waals surface area contributed by atoms with Crippen molar-refractivity contribution in [1.82, 2.24) is 14.7 Å². The molecule has 0 aromatic heterocycles. The van der Waals surface area contributed by atoms with Gasteiger partial charge in [0.25, 0.3) is 5.91 Å². The number of carbonyl (C=O) groups excluding carboxylic acids is 1. The second kappa shape index (κ2) is 7.00. The van der Waals surface area contributed by atoms with Gasteiger partial charge in [-0.15, -0.1) is 0 Å². The highest BCUT2D eigenvalue weighted by molar-refractivity contribution is 5.95. The van der Waals surface area contributed by atoms with Crippen molar-refractivity contribution in [3.63, 3.8) is 0 Å². The van der Waals surface area contributed by atoms with Gasteiger partial charge in [0.05, 0.1) is 0 Å². The highest BCUT2D eigenvalue weighted by atomic mass is 19.1. The van der Waals surface area contributed by atoms with Crippen LogP contribution in [-0.2, 0) is 0 Å².